The van der Waals surface area contributed by atoms with Gasteiger partial charge in [0, 0.05) is 13.1 Å². The zero-order valence-corrected chi connectivity index (χ0v) is 11.0. The van der Waals surface area contributed by atoms with Gasteiger partial charge in [-0.05, 0) is 32.9 Å². The monoisotopic (exact) mass is 249 g/mol. The number of nitrogens with two attached hydrogens (primary N) is 1. The maximum absolute atomic E-state index is 12.1. The van der Waals surface area contributed by atoms with Gasteiger partial charge in [0.2, 0.25) is 0 Å². The van der Waals surface area contributed by atoms with Crippen LogP contribution in [0.25, 0.3) is 0 Å². The second-order valence-electron chi connectivity index (χ2n) is 5.30. The highest BCUT2D eigenvalue weighted by atomic mass is 16.6. The van der Waals surface area contributed by atoms with E-state index in [1.165, 1.54) is 0 Å². The summed E-state index contributed by atoms with van der Waals surface area (Å²) in [6.07, 6.45) is -0.337. The smallest absolute Gasteiger partial charge is 0.414 e. The van der Waals surface area contributed by atoms with Crippen LogP contribution < -0.4 is 16.0 Å². The van der Waals surface area contributed by atoms with Crippen molar-refractivity contribution in [2.45, 2.75) is 26.4 Å². The van der Waals surface area contributed by atoms with Crippen LogP contribution in [0.5, 0.6) is 0 Å². The lowest BCUT2D eigenvalue weighted by atomic mass is 10.1. The normalized spacial score (nSPS) is 14.7. The molecule has 1 amide bonds. The van der Waals surface area contributed by atoms with E-state index in [0.29, 0.717) is 18.8 Å². The Hall–Kier alpha value is -1.91. The predicted octanol–water partition coefficient (Wildman–Crippen LogP) is 2.44. The van der Waals surface area contributed by atoms with Gasteiger partial charge in [0.25, 0.3) is 0 Å². The molecular formula is C13H19N3O2. The molecule has 98 valence electrons. The van der Waals surface area contributed by atoms with E-state index in [4.69, 9.17) is 10.5 Å². The van der Waals surface area contributed by atoms with Crippen LogP contribution >= 0.6 is 0 Å². The van der Waals surface area contributed by atoms with Gasteiger partial charge in [0.1, 0.15) is 5.60 Å². The Morgan fingerprint density at radius 3 is 2.83 bits per heavy atom. The first-order chi connectivity index (χ1) is 8.38. The second-order valence-corrected chi connectivity index (χ2v) is 5.30. The summed E-state index contributed by atoms with van der Waals surface area (Å²) in [7, 11) is 0. The molecule has 0 fully saturated rings. The number of nitrogens with one attached hydrogen (secondary N) is 1. The SMILES string of the molecule is CC(C)(C)OC(=O)N1CCNc2c(N)cccc21. The summed E-state index contributed by atoms with van der Waals surface area (Å²) in [4.78, 5) is 13.7. The molecule has 1 aromatic rings. The molecule has 0 radical (unpaired) electrons. The van der Waals surface area contributed by atoms with Gasteiger partial charge in [-0.2, -0.15) is 0 Å². The standard InChI is InChI=1S/C13H19N3O2/c1-13(2,3)18-12(17)16-8-7-15-11-9(14)5-4-6-10(11)16/h4-6,15H,7-8,14H2,1-3H3. The number of ether oxygens (including phenoxy) is 1. The molecule has 0 saturated carbocycles. The van der Waals surface area contributed by atoms with E-state index in [1.807, 2.05) is 39.0 Å². The van der Waals surface area contributed by atoms with E-state index in [0.717, 1.165) is 11.4 Å². The number of amides is 1. The third kappa shape index (κ3) is 2.50. The van der Waals surface area contributed by atoms with Crippen molar-refractivity contribution in [3.05, 3.63) is 18.2 Å². The van der Waals surface area contributed by atoms with Crippen LogP contribution in [0.2, 0.25) is 0 Å². The number of carbonyl (C=O) groups excluding carboxylic acids is 1. The van der Waals surface area contributed by atoms with Crippen molar-refractivity contribution in [1.29, 1.82) is 0 Å². The van der Waals surface area contributed by atoms with E-state index in [1.54, 1.807) is 4.90 Å². The van der Waals surface area contributed by atoms with E-state index >= 15 is 0 Å². The third-order valence-corrected chi connectivity index (χ3v) is 2.62. The molecular weight excluding hydrogens is 230 g/mol. The Labute approximate surface area is 107 Å². The summed E-state index contributed by atoms with van der Waals surface area (Å²) in [5.74, 6) is 0. The van der Waals surface area contributed by atoms with Gasteiger partial charge < -0.3 is 15.8 Å². The molecule has 0 atom stereocenters. The topological polar surface area (TPSA) is 67.6 Å². The van der Waals surface area contributed by atoms with Crippen LogP contribution in [-0.2, 0) is 4.74 Å². The highest BCUT2D eigenvalue weighted by molar-refractivity contribution is 5.96. The van der Waals surface area contributed by atoms with Crippen molar-refractivity contribution in [1.82, 2.24) is 0 Å². The number of fused-ring (bicyclic) bond motifs is 1. The minimum atomic E-state index is -0.498. The van der Waals surface area contributed by atoms with Crippen LogP contribution in [0.4, 0.5) is 21.9 Å². The number of hydrogen-bond donors (Lipinski definition) is 2. The van der Waals surface area contributed by atoms with Crippen LogP contribution in [-0.4, -0.2) is 24.8 Å². The van der Waals surface area contributed by atoms with Crippen LogP contribution in [0.1, 0.15) is 20.8 Å². The molecule has 5 nitrogen and oxygen atoms in total. The van der Waals surface area contributed by atoms with Crippen molar-refractivity contribution < 1.29 is 9.53 Å². The first kappa shape index (κ1) is 12.5. The summed E-state index contributed by atoms with van der Waals surface area (Å²) in [5, 5.41) is 3.20. The molecule has 18 heavy (non-hydrogen) atoms. The predicted molar refractivity (Wildman–Crippen MR) is 72.9 cm³/mol. The molecule has 2 rings (SSSR count). The fourth-order valence-corrected chi connectivity index (χ4v) is 1.89. The number of para-hydroxylation sites is 1. The number of nitrogen functional groups attached to an aromatic ring is 1. The summed E-state index contributed by atoms with van der Waals surface area (Å²) < 4.78 is 5.39. The Balaban J connectivity index is 2.28. The number of rotatable bonds is 0. The summed E-state index contributed by atoms with van der Waals surface area (Å²) in [6, 6.07) is 5.50. The highest BCUT2D eigenvalue weighted by Gasteiger charge is 2.27. The number of benzene rings is 1. The van der Waals surface area contributed by atoms with E-state index in [-0.39, 0.29) is 6.09 Å². The Bertz CT molecular complexity index is 466. The maximum atomic E-state index is 12.1. The number of hydrogen-bond acceptors (Lipinski definition) is 4. The molecule has 0 saturated heterocycles. The fourth-order valence-electron chi connectivity index (χ4n) is 1.89. The zero-order valence-electron chi connectivity index (χ0n) is 11.0. The average Bonchev–Trinajstić information content (AvgIpc) is 2.26. The van der Waals surface area contributed by atoms with Crippen molar-refractivity contribution >= 4 is 23.2 Å². The number of nitrogens with zero attached hydrogens (tertiary/aromatic N) is 1. The van der Waals surface area contributed by atoms with Crippen LogP contribution in [0.3, 0.4) is 0 Å². The van der Waals surface area contributed by atoms with Crippen LogP contribution in [0, 0.1) is 0 Å². The lowest BCUT2D eigenvalue weighted by Gasteiger charge is -2.32. The molecule has 0 bridgehead atoms. The number of carbonyl (C=O) groups is 1. The molecule has 1 heterocycles. The minimum absolute atomic E-state index is 0.337. The van der Waals surface area contributed by atoms with Gasteiger partial charge in [-0.15, -0.1) is 0 Å². The summed E-state index contributed by atoms with van der Waals surface area (Å²) >= 11 is 0. The molecule has 0 aromatic heterocycles. The van der Waals surface area contributed by atoms with Crippen molar-refractivity contribution in [3.63, 3.8) is 0 Å². The quantitative estimate of drug-likeness (QED) is 0.693. The fraction of sp³-hybridized carbons (Fsp3) is 0.462. The lowest BCUT2D eigenvalue weighted by Crippen LogP contribution is -2.42. The van der Waals surface area contributed by atoms with Crippen molar-refractivity contribution in [3.8, 4) is 0 Å². The van der Waals surface area contributed by atoms with Crippen LogP contribution in [0.15, 0.2) is 18.2 Å². The van der Waals surface area contributed by atoms with Crippen molar-refractivity contribution in [2.24, 2.45) is 0 Å². The summed E-state index contributed by atoms with van der Waals surface area (Å²) in [6.45, 7) is 6.81. The van der Waals surface area contributed by atoms with Crippen molar-refractivity contribution in [2.75, 3.05) is 29.0 Å². The first-order valence-corrected chi connectivity index (χ1v) is 6.01. The highest BCUT2D eigenvalue weighted by Crippen LogP contribution is 2.34. The van der Waals surface area contributed by atoms with Gasteiger partial charge >= 0.3 is 6.09 Å². The lowest BCUT2D eigenvalue weighted by molar-refractivity contribution is 0.0581. The molecule has 3 N–H and O–H groups in total. The van der Waals surface area contributed by atoms with Gasteiger partial charge in [0.05, 0.1) is 17.1 Å². The van der Waals surface area contributed by atoms with E-state index < -0.39 is 5.60 Å². The molecule has 1 aliphatic rings. The maximum Gasteiger partial charge on any atom is 0.414 e. The molecule has 1 aliphatic heterocycles. The first-order valence-electron chi connectivity index (χ1n) is 6.01. The molecule has 0 unspecified atom stereocenters. The van der Waals surface area contributed by atoms with Gasteiger partial charge in [0.15, 0.2) is 0 Å². The second kappa shape index (κ2) is 4.40. The van der Waals surface area contributed by atoms with Gasteiger partial charge in [-0.25, -0.2) is 4.79 Å². The molecule has 0 aliphatic carbocycles. The van der Waals surface area contributed by atoms with E-state index in [9.17, 15) is 4.79 Å². The molecule has 0 spiro atoms. The summed E-state index contributed by atoms with van der Waals surface area (Å²) in [5.41, 5.74) is 7.61. The molecule has 5 heteroatoms. The number of anilines is 3. The average molecular weight is 249 g/mol. The van der Waals surface area contributed by atoms with Gasteiger partial charge in [-0.3, -0.25) is 4.90 Å². The largest absolute Gasteiger partial charge is 0.443 e. The third-order valence-electron chi connectivity index (χ3n) is 2.62. The van der Waals surface area contributed by atoms with Gasteiger partial charge in [-0.1, -0.05) is 6.07 Å². The Morgan fingerprint density at radius 2 is 2.17 bits per heavy atom. The zero-order chi connectivity index (χ0) is 13.3. The molecule has 1 aromatic carbocycles. The Morgan fingerprint density at radius 1 is 1.44 bits per heavy atom. The minimum Gasteiger partial charge on any atom is -0.443 e. The van der Waals surface area contributed by atoms with E-state index in [2.05, 4.69) is 5.32 Å². The Kier molecular flexibility index (Phi) is 3.07.